The molecular weight excluding hydrogens is 384 g/mol. The van der Waals surface area contributed by atoms with Crippen molar-refractivity contribution in [3.8, 4) is 28.3 Å². The molecule has 0 fully saturated rings. The van der Waals surface area contributed by atoms with Crippen LogP contribution in [-0.4, -0.2) is 17.1 Å². The van der Waals surface area contributed by atoms with Gasteiger partial charge in [0.25, 0.3) is 0 Å². The van der Waals surface area contributed by atoms with Crippen molar-refractivity contribution in [2.75, 3.05) is 6.61 Å². The van der Waals surface area contributed by atoms with Gasteiger partial charge >= 0.3 is 5.97 Å². The Labute approximate surface area is 182 Å². The summed E-state index contributed by atoms with van der Waals surface area (Å²) in [6.45, 7) is 4.05. The summed E-state index contributed by atoms with van der Waals surface area (Å²) in [5.74, 6) is -0.408. The summed E-state index contributed by atoms with van der Waals surface area (Å²) in [7, 11) is 1.82. The maximum Gasteiger partial charge on any atom is 0.355 e. The van der Waals surface area contributed by atoms with Gasteiger partial charge < -0.3 is 9.30 Å². The molecule has 3 aromatic carbocycles. The fraction of sp³-hybridized carbons (Fsp3) is 0.185. The van der Waals surface area contributed by atoms with Crippen molar-refractivity contribution in [3.63, 3.8) is 0 Å². The van der Waals surface area contributed by atoms with Crippen LogP contribution < -0.4 is 0 Å². The van der Waals surface area contributed by atoms with E-state index in [0.717, 1.165) is 22.4 Å². The summed E-state index contributed by atoms with van der Waals surface area (Å²) >= 11 is 0. The minimum atomic E-state index is -0.408. The molecule has 4 rings (SSSR count). The zero-order valence-corrected chi connectivity index (χ0v) is 18.0. The van der Waals surface area contributed by atoms with E-state index < -0.39 is 5.97 Å². The van der Waals surface area contributed by atoms with Gasteiger partial charge in [0.1, 0.15) is 11.8 Å². The second-order valence-corrected chi connectivity index (χ2v) is 7.39. The number of carbonyl (C=O) groups excluding carboxylic acids is 1. The Bertz CT molecular complexity index is 1300. The predicted octanol–water partition coefficient (Wildman–Crippen LogP) is 6.12. The van der Waals surface area contributed by atoms with Gasteiger partial charge in [0.2, 0.25) is 0 Å². The second kappa shape index (κ2) is 8.49. The Morgan fingerprint density at radius 2 is 1.65 bits per heavy atom. The van der Waals surface area contributed by atoms with Gasteiger partial charge in [-0.2, -0.15) is 5.26 Å². The van der Waals surface area contributed by atoms with Crippen LogP contribution in [0.3, 0.4) is 0 Å². The molecule has 0 unspecified atom stereocenters. The van der Waals surface area contributed by atoms with E-state index in [0.29, 0.717) is 23.2 Å². The van der Waals surface area contributed by atoms with Crippen molar-refractivity contribution in [2.24, 2.45) is 7.05 Å². The van der Waals surface area contributed by atoms with Gasteiger partial charge in [-0.15, -0.1) is 0 Å². The fourth-order valence-electron chi connectivity index (χ4n) is 4.28. The summed E-state index contributed by atoms with van der Waals surface area (Å²) < 4.78 is 7.10. The molecule has 0 N–H and O–H groups in total. The third-order valence-corrected chi connectivity index (χ3v) is 5.71. The lowest BCUT2D eigenvalue weighted by Crippen LogP contribution is -2.12. The highest BCUT2D eigenvalue weighted by Crippen LogP contribution is 2.35. The first-order valence-corrected chi connectivity index (χ1v) is 10.5. The largest absolute Gasteiger partial charge is 0.461 e. The van der Waals surface area contributed by atoms with Crippen molar-refractivity contribution >= 4 is 16.7 Å². The van der Waals surface area contributed by atoms with E-state index in [1.54, 1.807) is 11.5 Å². The van der Waals surface area contributed by atoms with Gasteiger partial charge in [0.15, 0.2) is 0 Å². The lowest BCUT2D eigenvalue weighted by atomic mass is 9.95. The lowest BCUT2D eigenvalue weighted by molar-refractivity contribution is 0.0516. The van der Waals surface area contributed by atoms with E-state index in [1.165, 1.54) is 10.8 Å². The van der Waals surface area contributed by atoms with Gasteiger partial charge in [0.05, 0.1) is 12.2 Å². The number of fused-ring (bicyclic) bond motifs is 1. The van der Waals surface area contributed by atoms with Crippen LogP contribution in [0, 0.1) is 11.3 Å². The Morgan fingerprint density at radius 1 is 0.968 bits per heavy atom. The standard InChI is InChI=1S/C27H24N2O2/c1-4-24-23(17-28)25(26(29(24)3)27(30)31-5-2)20-15-13-19(14-16-20)22-12-8-10-18-9-6-7-11-21(18)22/h6-16H,4-5H2,1-3H3. The Morgan fingerprint density at radius 3 is 2.32 bits per heavy atom. The lowest BCUT2D eigenvalue weighted by Gasteiger charge is -2.10. The summed E-state index contributed by atoms with van der Waals surface area (Å²) in [6.07, 6.45) is 0.653. The maximum absolute atomic E-state index is 12.7. The minimum absolute atomic E-state index is 0.285. The molecule has 0 saturated heterocycles. The molecular formula is C27H24N2O2. The fourth-order valence-corrected chi connectivity index (χ4v) is 4.28. The SMILES string of the molecule is CCOC(=O)c1c(-c2ccc(-c3cccc4ccccc34)cc2)c(C#N)c(CC)n1C. The molecule has 154 valence electrons. The topological polar surface area (TPSA) is 55.0 Å². The number of carbonyl (C=O) groups is 1. The maximum atomic E-state index is 12.7. The molecule has 0 amide bonds. The van der Waals surface area contributed by atoms with Gasteiger partial charge in [-0.3, -0.25) is 0 Å². The van der Waals surface area contributed by atoms with Crippen LogP contribution in [-0.2, 0) is 18.2 Å². The minimum Gasteiger partial charge on any atom is -0.461 e. The quantitative estimate of drug-likeness (QED) is 0.374. The third kappa shape index (κ3) is 3.49. The van der Waals surface area contributed by atoms with Gasteiger partial charge in [-0.25, -0.2) is 4.79 Å². The van der Waals surface area contributed by atoms with Crippen LogP contribution in [0.25, 0.3) is 33.0 Å². The Balaban J connectivity index is 1.86. The predicted molar refractivity (Wildman–Crippen MR) is 124 cm³/mol. The number of esters is 1. The molecule has 1 aromatic heterocycles. The van der Waals surface area contributed by atoms with E-state index in [4.69, 9.17) is 4.74 Å². The molecule has 1 heterocycles. The first-order valence-electron chi connectivity index (χ1n) is 10.5. The molecule has 0 radical (unpaired) electrons. The van der Waals surface area contributed by atoms with E-state index in [9.17, 15) is 10.1 Å². The molecule has 0 bridgehead atoms. The average molecular weight is 409 g/mol. The number of nitrogens with zero attached hydrogens (tertiary/aromatic N) is 2. The monoisotopic (exact) mass is 408 g/mol. The normalized spacial score (nSPS) is 10.8. The summed E-state index contributed by atoms with van der Waals surface area (Å²) in [6, 6.07) is 25.0. The second-order valence-electron chi connectivity index (χ2n) is 7.39. The summed E-state index contributed by atoms with van der Waals surface area (Å²) in [5.41, 5.74) is 5.50. The van der Waals surface area contributed by atoms with Crippen molar-refractivity contribution in [1.29, 1.82) is 5.26 Å². The van der Waals surface area contributed by atoms with Gasteiger partial charge in [-0.1, -0.05) is 73.7 Å². The molecule has 0 aliphatic carbocycles. The average Bonchev–Trinajstić information content (AvgIpc) is 3.10. The number of hydrogen-bond acceptors (Lipinski definition) is 3. The molecule has 0 saturated carbocycles. The molecule has 4 aromatic rings. The first-order chi connectivity index (χ1) is 15.1. The van der Waals surface area contributed by atoms with Crippen LogP contribution in [0.2, 0.25) is 0 Å². The van der Waals surface area contributed by atoms with Gasteiger partial charge in [0, 0.05) is 18.3 Å². The highest BCUT2D eigenvalue weighted by Gasteiger charge is 2.26. The molecule has 0 atom stereocenters. The number of benzene rings is 3. The van der Waals surface area contributed by atoms with E-state index in [2.05, 4.69) is 36.4 Å². The molecule has 0 aliphatic heterocycles. The van der Waals surface area contributed by atoms with Crippen molar-refractivity contribution in [2.45, 2.75) is 20.3 Å². The van der Waals surface area contributed by atoms with E-state index in [-0.39, 0.29) is 6.61 Å². The number of aromatic nitrogens is 1. The Hall–Kier alpha value is -3.84. The Kier molecular flexibility index (Phi) is 5.60. The summed E-state index contributed by atoms with van der Waals surface area (Å²) in [4.78, 5) is 12.7. The van der Waals surface area contributed by atoms with E-state index >= 15 is 0 Å². The number of ether oxygens (including phenoxy) is 1. The number of hydrogen-bond donors (Lipinski definition) is 0. The zero-order chi connectivity index (χ0) is 22.0. The molecule has 0 spiro atoms. The number of rotatable bonds is 5. The van der Waals surface area contributed by atoms with Crippen LogP contribution in [0.1, 0.15) is 35.6 Å². The smallest absolute Gasteiger partial charge is 0.355 e. The zero-order valence-electron chi connectivity index (χ0n) is 18.0. The van der Waals surface area contributed by atoms with Crippen molar-refractivity contribution in [3.05, 3.63) is 83.7 Å². The van der Waals surface area contributed by atoms with Crippen LogP contribution in [0.15, 0.2) is 66.7 Å². The summed E-state index contributed by atoms with van der Waals surface area (Å²) in [5, 5.41) is 12.3. The molecule has 31 heavy (non-hydrogen) atoms. The molecule has 4 nitrogen and oxygen atoms in total. The highest BCUT2D eigenvalue weighted by atomic mass is 16.5. The van der Waals surface area contributed by atoms with Crippen LogP contribution >= 0.6 is 0 Å². The van der Waals surface area contributed by atoms with Gasteiger partial charge in [-0.05, 0) is 40.8 Å². The molecule has 0 aliphatic rings. The van der Waals surface area contributed by atoms with Crippen LogP contribution in [0.5, 0.6) is 0 Å². The van der Waals surface area contributed by atoms with Crippen LogP contribution in [0.4, 0.5) is 0 Å². The number of nitriles is 1. The first kappa shape index (κ1) is 20.4. The van der Waals surface area contributed by atoms with Crippen molar-refractivity contribution in [1.82, 2.24) is 4.57 Å². The highest BCUT2D eigenvalue weighted by molar-refractivity contribution is 6.00. The third-order valence-electron chi connectivity index (χ3n) is 5.71. The molecule has 4 heteroatoms. The van der Waals surface area contributed by atoms with Crippen molar-refractivity contribution < 1.29 is 9.53 Å². The van der Waals surface area contributed by atoms with E-state index in [1.807, 2.05) is 50.4 Å².